The van der Waals surface area contributed by atoms with E-state index in [1.54, 1.807) is 0 Å². The zero-order chi connectivity index (χ0) is 23.7. The molecule has 16 unspecified atom stereocenters. The normalized spacial score (nSPS) is 76.4. The first kappa shape index (κ1) is 20.2. The van der Waals surface area contributed by atoms with Gasteiger partial charge in [0.2, 0.25) is 0 Å². The van der Waals surface area contributed by atoms with Crippen molar-refractivity contribution in [2.45, 2.75) is 17.3 Å². The molecule has 0 saturated heterocycles. The molecule has 0 amide bonds. The van der Waals surface area contributed by atoms with Crippen LogP contribution in [0.3, 0.4) is 0 Å². The monoisotopic (exact) mass is 718 g/mol. The van der Waals surface area contributed by atoms with Crippen molar-refractivity contribution in [3.8, 4) is 0 Å². The number of esters is 2. The van der Waals surface area contributed by atoms with Crippen LogP contribution >= 0.6 is 63.7 Å². The van der Waals surface area contributed by atoms with Gasteiger partial charge >= 0.3 is 11.9 Å². The molecule has 0 aromatic carbocycles. The maximum absolute atomic E-state index is 14.3. The molecule has 4 bridgehead atoms. The third kappa shape index (κ3) is 1.07. The van der Waals surface area contributed by atoms with E-state index >= 15 is 0 Å². The molecule has 0 heterocycles. The molecule has 10 aliphatic rings. The van der Waals surface area contributed by atoms with Crippen LogP contribution in [0.4, 0.5) is 0 Å². The molecule has 10 rings (SSSR count). The van der Waals surface area contributed by atoms with Gasteiger partial charge in [-0.15, -0.1) is 0 Å². The third-order valence-corrected chi connectivity index (χ3v) is 19.6. The number of methoxy groups -OCH3 is 2. The summed E-state index contributed by atoms with van der Waals surface area (Å²) in [6.45, 7) is 0. The van der Waals surface area contributed by atoms with Crippen LogP contribution in [0.1, 0.15) is 0 Å². The van der Waals surface area contributed by atoms with E-state index in [4.69, 9.17) is 9.47 Å². The first-order valence-corrected chi connectivity index (χ1v) is 15.2. The van der Waals surface area contributed by atoms with Crippen molar-refractivity contribution >= 4 is 87.2 Å². The highest BCUT2D eigenvalue weighted by Crippen LogP contribution is 3.11. The zero-order valence-corrected chi connectivity index (χ0v) is 24.2. The molecule has 0 aromatic heterocycles. The van der Waals surface area contributed by atoms with Crippen molar-refractivity contribution in [3.05, 3.63) is 0 Å². The number of fused-ring (bicyclic) bond motifs is 4. The van der Waals surface area contributed by atoms with Crippen LogP contribution in [0, 0.1) is 81.8 Å². The van der Waals surface area contributed by atoms with Gasteiger partial charge in [-0.3, -0.25) is 19.2 Å². The van der Waals surface area contributed by atoms with Crippen molar-refractivity contribution in [1.29, 1.82) is 0 Å². The predicted molar refractivity (Wildman–Crippen MR) is 127 cm³/mol. The van der Waals surface area contributed by atoms with Gasteiger partial charge < -0.3 is 9.47 Å². The number of carbonyl (C=O) groups excluding carboxylic acids is 4. The lowest BCUT2D eigenvalue weighted by molar-refractivity contribution is -0.147. The number of hydrogen-bond acceptors (Lipinski definition) is 6. The first-order valence-electron chi connectivity index (χ1n) is 12.0. The Hall–Kier alpha value is 0.200. The molecule has 2 spiro atoms. The van der Waals surface area contributed by atoms with Gasteiger partial charge in [-0.1, -0.05) is 63.7 Å². The Labute approximate surface area is 227 Å². The molecular weight excluding hydrogens is 704 g/mol. The maximum atomic E-state index is 14.3. The van der Waals surface area contributed by atoms with E-state index < -0.39 is 28.1 Å². The second-order valence-electron chi connectivity index (χ2n) is 12.7. The summed E-state index contributed by atoms with van der Waals surface area (Å²) < 4.78 is 7.58. The van der Waals surface area contributed by atoms with Gasteiger partial charge in [-0.05, 0) is 35.5 Å². The summed E-state index contributed by atoms with van der Waals surface area (Å²) in [5, 5.41) is 0. The summed E-state index contributed by atoms with van der Waals surface area (Å²) in [5.41, 5.74) is -1.13. The summed E-state index contributed by atoms with van der Waals surface area (Å²) in [6.07, 6.45) is 0. The van der Waals surface area contributed by atoms with Gasteiger partial charge in [0.25, 0.3) is 0 Å². The Morgan fingerprint density at radius 1 is 0.618 bits per heavy atom. The topological polar surface area (TPSA) is 86.7 Å². The smallest absolute Gasteiger partial charge is 0.323 e. The van der Waals surface area contributed by atoms with E-state index in [9.17, 15) is 19.2 Å². The van der Waals surface area contributed by atoms with Crippen molar-refractivity contribution < 1.29 is 28.7 Å². The highest BCUT2D eigenvalue weighted by molar-refractivity contribution is 9.11. The molecule has 10 heteroatoms. The molecule has 0 N–H and O–H groups in total. The Bertz CT molecular complexity index is 1240. The van der Waals surface area contributed by atoms with E-state index in [-0.39, 0.29) is 88.7 Å². The summed E-state index contributed by atoms with van der Waals surface area (Å²) in [4.78, 5) is 56.0. The lowest BCUT2D eigenvalue weighted by Crippen LogP contribution is -2.58. The fourth-order valence-corrected chi connectivity index (χ4v) is 22.6. The summed E-state index contributed by atoms with van der Waals surface area (Å²) in [6, 6.07) is 0. The maximum Gasteiger partial charge on any atom is 0.323 e. The molecule has 34 heavy (non-hydrogen) atoms. The van der Waals surface area contributed by atoms with Crippen molar-refractivity contribution in [2.75, 3.05) is 14.2 Å². The fourth-order valence-electron chi connectivity index (χ4n) is 14.9. The average molecular weight is 722 g/mol. The number of ether oxygens (including phenoxy) is 2. The first-order chi connectivity index (χ1) is 16.0. The molecule has 6 nitrogen and oxygen atoms in total. The van der Waals surface area contributed by atoms with Crippen molar-refractivity contribution in [1.82, 2.24) is 0 Å². The molecular formula is C24H18Br4O6. The summed E-state index contributed by atoms with van der Waals surface area (Å²) in [5.74, 6) is -1.85. The van der Waals surface area contributed by atoms with Crippen molar-refractivity contribution in [3.63, 3.8) is 0 Å². The largest absolute Gasteiger partial charge is 0.468 e. The number of ketones is 2. The van der Waals surface area contributed by atoms with E-state index in [0.717, 1.165) is 0 Å². The minimum absolute atomic E-state index is 0.00354. The predicted octanol–water partition coefficient (Wildman–Crippen LogP) is 2.51. The molecule has 178 valence electrons. The molecule has 10 aliphatic carbocycles. The second kappa shape index (κ2) is 4.63. The quantitative estimate of drug-likeness (QED) is 0.322. The lowest BCUT2D eigenvalue weighted by Gasteiger charge is -2.54. The minimum atomic E-state index is -0.980. The molecule has 0 aromatic rings. The van der Waals surface area contributed by atoms with Gasteiger partial charge in [-0.25, -0.2) is 0 Å². The Morgan fingerprint density at radius 2 is 0.971 bits per heavy atom. The standard InChI is InChI=1S/C24H18Br4O6/c1-33-17(31)19(25)13-5-6-14(19)22-8-4-3-7(11(8)29)21(13,22)23(27)9(3)12(30)10(4)24(22,28)16(6)20(26,15(5)23)18(32)34-2/h3-10,13-16H,1-2H3. The van der Waals surface area contributed by atoms with Crippen LogP contribution in [0.25, 0.3) is 0 Å². The lowest BCUT2D eigenvalue weighted by atomic mass is 9.51. The number of carbonyl (C=O) groups is 4. The van der Waals surface area contributed by atoms with Gasteiger partial charge in [0, 0.05) is 55.0 Å². The number of Topliss-reactive ketones (excluding diaryl/α,β-unsaturated/α-hetero) is 2. The minimum Gasteiger partial charge on any atom is -0.468 e. The van der Waals surface area contributed by atoms with Gasteiger partial charge in [0.1, 0.15) is 20.2 Å². The van der Waals surface area contributed by atoms with E-state index in [1.807, 2.05) is 0 Å². The number of rotatable bonds is 2. The van der Waals surface area contributed by atoms with Crippen LogP contribution in [-0.2, 0) is 28.7 Å². The number of halogens is 4. The van der Waals surface area contributed by atoms with Crippen LogP contribution in [0.2, 0.25) is 0 Å². The van der Waals surface area contributed by atoms with E-state index in [2.05, 4.69) is 63.7 Å². The Balaban J connectivity index is 1.47. The summed E-state index contributed by atoms with van der Waals surface area (Å²) in [7, 11) is 2.87. The SMILES string of the molecule is COC(=O)C1(Br)C2C3C4C1C1(Br)C5C(=O)C6C7C5C5C(=O)C7C7(C3C(Br)(C(=O)OC)C4C517)C62Br. The third-order valence-electron chi connectivity index (χ3n) is 13.7. The highest BCUT2D eigenvalue weighted by Gasteiger charge is 3.16. The average Bonchev–Trinajstić information content (AvgIpc) is 3.59. The second-order valence-corrected chi connectivity index (χ2v) is 18.0. The molecule has 0 aliphatic heterocycles. The van der Waals surface area contributed by atoms with E-state index in [0.29, 0.717) is 5.78 Å². The van der Waals surface area contributed by atoms with Gasteiger partial charge in [0.15, 0.2) is 0 Å². The Morgan fingerprint density at radius 3 is 1.35 bits per heavy atom. The fraction of sp³-hybridized carbons (Fsp3) is 0.833. The molecule has 10 saturated carbocycles. The van der Waals surface area contributed by atoms with Crippen LogP contribution in [-0.4, -0.2) is 55.0 Å². The zero-order valence-electron chi connectivity index (χ0n) is 17.9. The summed E-state index contributed by atoms with van der Waals surface area (Å²) >= 11 is 16.7. The van der Waals surface area contributed by atoms with Gasteiger partial charge in [0.05, 0.1) is 14.2 Å². The van der Waals surface area contributed by atoms with E-state index in [1.165, 1.54) is 14.2 Å². The Kier molecular flexibility index (Phi) is 2.75. The molecule has 16 atom stereocenters. The number of alkyl halides is 4. The van der Waals surface area contributed by atoms with Gasteiger partial charge in [-0.2, -0.15) is 0 Å². The van der Waals surface area contributed by atoms with Crippen LogP contribution < -0.4 is 0 Å². The number of hydrogen-bond donors (Lipinski definition) is 0. The van der Waals surface area contributed by atoms with Crippen LogP contribution in [0.5, 0.6) is 0 Å². The van der Waals surface area contributed by atoms with Crippen LogP contribution in [0.15, 0.2) is 0 Å². The highest BCUT2D eigenvalue weighted by atomic mass is 79.9. The molecule has 0 radical (unpaired) electrons. The molecule has 10 fully saturated rings. The van der Waals surface area contributed by atoms with Crippen molar-refractivity contribution in [2.24, 2.45) is 81.8 Å².